The van der Waals surface area contributed by atoms with Crippen LogP contribution in [0.1, 0.15) is 265 Å². The van der Waals surface area contributed by atoms with Crippen molar-refractivity contribution in [2.45, 2.75) is 271 Å². The van der Waals surface area contributed by atoms with Crippen LogP contribution in [0, 0.1) is 0 Å². The lowest BCUT2D eigenvalue weighted by molar-refractivity contribution is -0.167. The van der Waals surface area contributed by atoms with Crippen LogP contribution < -0.4 is 0 Å². The number of ether oxygens (including phenoxy) is 3. The van der Waals surface area contributed by atoms with Crippen molar-refractivity contribution in [3.63, 3.8) is 0 Å². The highest BCUT2D eigenvalue weighted by Gasteiger charge is 2.19. The first-order valence-corrected chi connectivity index (χ1v) is 28.7. The molecule has 0 heterocycles. The first-order chi connectivity index (χ1) is 34.0. The number of carbonyl (C=O) groups excluding carboxylic acids is 3. The summed E-state index contributed by atoms with van der Waals surface area (Å²) in [4.78, 5) is 37.9. The van der Waals surface area contributed by atoms with Gasteiger partial charge in [-0.3, -0.25) is 14.4 Å². The number of esters is 3. The van der Waals surface area contributed by atoms with Gasteiger partial charge in [-0.25, -0.2) is 0 Å². The highest BCUT2D eigenvalue weighted by Crippen LogP contribution is 2.15. The summed E-state index contributed by atoms with van der Waals surface area (Å²) in [5.41, 5.74) is 0. The highest BCUT2D eigenvalue weighted by molar-refractivity contribution is 5.71. The number of hydrogen-bond acceptors (Lipinski definition) is 6. The molecule has 0 saturated carbocycles. The lowest BCUT2D eigenvalue weighted by atomic mass is 10.1. The molecule has 394 valence electrons. The van der Waals surface area contributed by atoms with Gasteiger partial charge in [0.15, 0.2) is 6.10 Å². The summed E-state index contributed by atoms with van der Waals surface area (Å²) >= 11 is 0. The van der Waals surface area contributed by atoms with E-state index in [4.69, 9.17) is 14.2 Å². The number of carbonyl (C=O) groups is 3. The average molecular weight is 960 g/mol. The fourth-order valence-corrected chi connectivity index (χ4v) is 7.77. The van der Waals surface area contributed by atoms with Gasteiger partial charge >= 0.3 is 17.9 Å². The van der Waals surface area contributed by atoms with Gasteiger partial charge in [-0.1, -0.05) is 240 Å². The molecule has 1 atom stereocenters. The minimum Gasteiger partial charge on any atom is -0.462 e. The van der Waals surface area contributed by atoms with Crippen LogP contribution in [0.3, 0.4) is 0 Å². The Balaban J connectivity index is 4.12. The van der Waals surface area contributed by atoms with Crippen molar-refractivity contribution >= 4 is 17.9 Å². The zero-order valence-corrected chi connectivity index (χ0v) is 45.0. The Hall–Kier alpha value is -3.67. The van der Waals surface area contributed by atoms with E-state index >= 15 is 0 Å². The molecule has 0 bridgehead atoms. The normalized spacial score (nSPS) is 12.8. The van der Waals surface area contributed by atoms with Crippen LogP contribution >= 0.6 is 0 Å². The molecule has 0 N–H and O–H groups in total. The van der Waals surface area contributed by atoms with Crippen molar-refractivity contribution in [1.29, 1.82) is 0 Å². The second-order valence-electron chi connectivity index (χ2n) is 18.8. The molecule has 0 saturated heterocycles. The minimum absolute atomic E-state index is 0.0811. The van der Waals surface area contributed by atoms with Crippen LogP contribution in [0.2, 0.25) is 0 Å². The topological polar surface area (TPSA) is 78.9 Å². The number of rotatable bonds is 51. The first-order valence-electron chi connectivity index (χ1n) is 28.7. The molecule has 0 aliphatic heterocycles. The molecule has 0 aromatic heterocycles. The zero-order valence-electron chi connectivity index (χ0n) is 45.0. The Morgan fingerprint density at radius 1 is 0.304 bits per heavy atom. The van der Waals surface area contributed by atoms with Crippen LogP contribution in [-0.2, 0) is 28.6 Å². The van der Waals surface area contributed by atoms with E-state index in [1.54, 1.807) is 0 Å². The fourth-order valence-electron chi connectivity index (χ4n) is 7.77. The lowest BCUT2D eigenvalue weighted by Crippen LogP contribution is -2.30. The van der Waals surface area contributed by atoms with Crippen LogP contribution in [0.5, 0.6) is 0 Å². The molecular formula is C63H106O6. The van der Waals surface area contributed by atoms with E-state index in [9.17, 15) is 14.4 Å². The lowest BCUT2D eigenvalue weighted by Gasteiger charge is -2.18. The second-order valence-corrected chi connectivity index (χ2v) is 18.8. The summed E-state index contributed by atoms with van der Waals surface area (Å²) in [6.45, 7) is 6.45. The van der Waals surface area contributed by atoms with E-state index in [0.29, 0.717) is 19.3 Å². The van der Waals surface area contributed by atoms with Gasteiger partial charge in [0.05, 0.1) is 0 Å². The van der Waals surface area contributed by atoms with Crippen molar-refractivity contribution in [1.82, 2.24) is 0 Å². The van der Waals surface area contributed by atoms with Crippen molar-refractivity contribution < 1.29 is 28.6 Å². The maximum atomic E-state index is 12.8. The maximum absolute atomic E-state index is 12.8. The number of unbranched alkanes of at least 4 members (excludes halogenated alkanes) is 24. The van der Waals surface area contributed by atoms with E-state index < -0.39 is 6.10 Å². The summed E-state index contributed by atoms with van der Waals surface area (Å²) in [5.74, 6) is -0.902. The van der Waals surface area contributed by atoms with Gasteiger partial charge in [-0.05, 0) is 103 Å². The standard InChI is InChI=1S/C63H106O6/c1-4-7-10-13-16-18-20-22-23-24-25-26-27-28-29-30-31-32-33-34-35-36-37-38-39-41-42-44-47-50-53-56-62(65)68-59-60(58-67-61(64)55-52-49-46-15-12-9-6-3)69-63(66)57-54-51-48-45-43-40-21-19-17-14-11-8-5-2/h7,10,16,18-19,21-23,25-26,28-29,31-32,34-35,60H,4-6,8-9,11-15,17,20,24,27,30,33,36-59H2,1-3H3/b10-7-,18-16-,21-19-,23-22-,26-25-,29-28-,32-31-,35-34-. The molecule has 0 spiro atoms. The molecule has 6 nitrogen and oxygen atoms in total. The molecule has 0 aromatic carbocycles. The predicted molar refractivity (Wildman–Crippen MR) is 297 cm³/mol. The monoisotopic (exact) mass is 959 g/mol. The third kappa shape index (κ3) is 55.1. The van der Waals surface area contributed by atoms with E-state index in [2.05, 4.69) is 118 Å². The molecule has 0 aliphatic rings. The molecule has 6 heteroatoms. The van der Waals surface area contributed by atoms with Crippen LogP contribution in [-0.4, -0.2) is 37.2 Å². The molecule has 0 rings (SSSR count). The average Bonchev–Trinajstić information content (AvgIpc) is 3.35. The van der Waals surface area contributed by atoms with Crippen molar-refractivity contribution in [3.05, 3.63) is 97.2 Å². The van der Waals surface area contributed by atoms with Gasteiger partial charge in [0.1, 0.15) is 13.2 Å². The molecule has 0 aromatic rings. The van der Waals surface area contributed by atoms with Crippen LogP contribution in [0.4, 0.5) is 0 Å². The molecular weight excluding hydrogens is 853 g/mol. The van der Waals surface area contributed by atoms with E-state index in [1.165, 1.54) is 103 Å². The highest BCUT2D eigenvalue weighted by atomic mass is 16.6. The van der Waals surface area contributed by atoms with Gasteiger partial charge < -0.3 is 14.2 Å². The third-order valence-electron chi connectivity index (χ3n) is 12.1. The Morgan fingerprint density at radius 3 is 0.913 bits per heavy atom. The predicted octanol–water partition coefficient (Wildman–Crippen LogP) is 19.3. The molecule has 1 unspecified atom stereocenters. The molecule has 0 amide bonds. The maximum Gasteiger partial charge on any atom is 0.306 e. The van der Waals surface area contributed by atoms with E-state index in [0.717, 1.165) is 122 Å². The first kappa shape index (κ1) is 65.3. The molecule has 0 radical (unpaired) electrons. The second kappa shape index (κ2) is 56.9. The van der Waals surface area contributed by atoms with Gasteiger partial charge in [-0.15, -0.1) is 0 Å². The summed E-state index contributed by atoms with van der Waals surface area (Å²) in [6.07, 6.45) is 75.7. The Bertz CT molecular complexity index is 1380. The largest absolute Gasteiger partial charge is 0.462 e. The molecule has 0 fully saturated rings. The van der Waals surface area contributed by atoms with Crippen LogP contribution in [0.15, 0.2) is 97.2 Å². The van der Waals surface area contributed by atoms with E-state index in [1.807, 2.05) is 0 Å². The molecule has 0 aliphatic carbocycles. The van der Waals surface area contributed by atoms with Crippen molar-refractivity contribution in [2.24, 2.45) is 0 Å². The fraction of sp³-hybridized carbons (Fsp3) is 0.698. The number of allylic oxidation sites excluding steroid dienone is 16. The number of hydrogen-bond donors (Lipinski definition) is 0. The quantitative estimate of drug-likeness (QED) is 0.0262. The smallest absolute Gasteiger partial charge is 0.306 e. The van der Waals surface area contributed by atoms with Gasteiger partial charge in [0, 0.05) is 19.3 Å². The minimum atomic E-state index is -0.780. The molecule has 69 heavy (non-hydrogen) atoms. The third-order valence-corrected chi connectivity index (χ3v) is 12.1. The Labute approximate surface area is 426 Å². The summed E-state index contributed by atoms with van der Waals surface area (Å²) < 4.78 is 16.7. The Kier molecular flexibility index (Phi) is 53.9. The summed E-state index contributed by atoms with van der Waals surface area (Å²) in [5, 5.41) is 0. The Morgan fingerprint density at radius 2 is 0.565 bits per heavy atom. The summed E-state index contributed by atoms with van der Waals surface area (Å²) in [7, 11) is 0. The van der Waals surface area contributed by atoms with Gasteiger partial charge in [0.25, 0.3) is 0 Å². The van der Waals surface area contributed by atoms with Crippen molar-refractivity contribution in [2.75, 3.05) is 13.2 Å². The SMILES string of the molecule is CC/C=C\C/C=C\C/C=C\C/C=C\C/C=C\C/C=C\C/C=C\CCCCCCCCCCCC(=O)OCC(COC(=O)CCCCCCCCC)OC(=O)CCCCCCC/C=C\CCCCCC. The van der Waals surface area contributed by atoms with Gasteiger partial charge in [-0.2, -0.15) is 0 Å². The zero-order chi connectivity index (χ0) is 50.0. The summed E-state index contributed by atoms with van der Waals surface area (Å²) in [6, 6.07) is 0. The van der Waals surface area contributed by atoms with Crippen molar-refractivity contribution in [3.8, 4) is 0 Å². The van der Waals surface area contributed by atoms with Crippen LogP contribution in [0.25, 0.3) is 0 Å². The van der Waals surface area contributed by atoms with Gasteiger partial charge in [0.2, 0.25) is 0 Å². The van der Waals surface area contributed by atoms with E-state index in [-0.39, 0.29) is 31.1 Å².